The number of nitriles is 1. The lowest BCUT2D eigenvalue weighted by atomic mass is 9.88. The van der Waals surface area contributed by atoms with Crippen molar-refractivity contribution in [1.82, 2.24) is 28.7 Å². The van der Waals surface area contributed by atoms with Crippen molar-refractivity contribution in [1.29, 1.82) is 5.26 Å². The fraction of sp³-hybridized carbons (Fsp3) is 0. The highest BCUT2D eigenvalue weighted by Gasteiger charge is 2.35. The molecule has 0 bridgehead atoms. The Hall–Kier alpha value is -10.7. The summed E-state index contributed by atoms with van der Waals surface area (Å²) in [5, 5.41) is 32.1. The molecule has 0 aliphatic carbocycles. The van der Waals surface area contributed by atoms with E-state index in [4.69, 9.17) is 4.98 Å². The van der Waals surface area contributed by atoms with Gasteiger partial charge in [-0.3, -0.25) is 15.0 Å². The van der Waals surface area contributed by atoms with Crippen molar-refractivity contribution in [2.45, 2.75) is 0 Å². The smallest absolute Gasteiger partial charge is 0.104 e. The minimum Gasteiger partial charge on any atom is -0.308 e. The minimum absolute atomic E-state index is 0.551. The van der Waals surface area contributed by atoms with E-state index in [1.54, 1.807) is 0 Å². The third kappa shape index (κ3) is 5.02. The van der Waals surface area contributed by atoms with Crippen molar-refractivity contribution in [2.75, 3.05) is 0 Å². The Morgan fingerprint density at radius 1 is 0.299 bits per heavy atom. The van der Waals surface area contributed by atoms with Gasteiger partial charge in [0.15, 0.2) is 0 Å². The number of pyridine rings is 3. The van der Waals surface area contributed by atoms with Gasteiger partial charge in [0.25, 0.3) is 0 Å². The van der Waals surface area contributed by atoms with Crippen LogP contribution in [0.2, 0.25) is 0 Å². The number of rotatable bonds is 5. The molecule has 18 aromatic rings. The second kappa shape index (κ2) is 14.8. The first-order chi connectivity index (χ1) is 38.3. The van der Waals surface area contributed by atoms with Crippen molar-refractivity contribution >= 4 is 130 Å². The standard InChI is InChI=1S/C70H37N7/c71-36-50-68(75-53-25-7-18-43-41-31-34-72-37-51(41)46-21-10-27-55(75)64(46)61(43)53)59(39-14-3-1-4-15-39)70(77-57-29-9-20-45-48-24-13-33-74-67(48)49-23-12-30-58(77)66(49)63(45)57)60(40-16-5-2-6-17-40)69(50)76-54-26-8-19-44-42-32-35-73-38-52(42)47-22-11-28-56(76)65(47)62(44)54/h1-35,37-38H. The molecule has 0 spiro atoms. The highest BCUT2D eigenvalue weighted by Crippen LogP contribution is 2.55. The van der Waals surface area contributed by atoms with E-state index >= 15 is 0 Å². The first-order valence-electron chi connectivity index (χ1n) is 26.1. The molecule has 6 aromatic heterocycles. The van der Waals surface area contributed by atoms with E-state index < -0.39 is 0 Å². The molecule has 0 N–H and O–H groups in total. The summed E-state index contributed by atoms with van der Waals surface area (Å²) in [6.45, 7) is 0. The van der Waals surface area contributed by atoms with Gasteiger partial charge in [-0.2, -0.15) is 5.26 Å². The average molecular weight is 976 g/mol. The molecule has 7 nitrogen and oxygen atoms in total. The zero-order chi connectivity index (χ0) is 50.2. The summed E-state index contributed by atoms with van der Waals surface area (Å²) in [6, 6.07) is 73.1. The average Bonchev–Trinajstić information content (AvgIpc) is 4.32. The molecule has 0 unspecified atom stereocenters. The van der Waals surface area contributed by atoms with Gasteiger partial charge in [-0.25, -0.2) is 0 Å². The van der Waals surface area contributed by atoms with Gasteiger partial charge in [0.05, 0.1) is 55.7 Å². The normalized spacial score (nSPS) is 12.4. The second-order valence-electron chi connectivity index (χ2n) is 20.5. The molecule has 0 atom stereocenters. The molecule has 77 heavy (non-hydrogen) atoms. The largest absolute Gasteiger partial charge is 0.308 e. The summed E-state index contributed by atoms with van der Waals surface area (Å²) in [5.41, 5.74) is 14.1. The van der Waals surface area contributed by atoms with Gasteiger partial charge in [-0.05, 0) is 103 Å². The monoisotopic (exact) mass is 975 g/mol. The number of hydrogen-bond donors (Lipinski definition) is 0. The number of hydrogen-bond acceptors (Lipinski definition) is 4. The molecule has 352 valence electrons. The van der Waals surface area contributed by atoms with E-state index in [1.807, 2.05) is 37.1 Å². The quantitative estimate of drug-likeness (QED) is 0.161. The van der Waals surface area contributed by atoms with E-state index in [0.717, 1.165) is 164 Å². The number of fused-ring (bicyclic) bond motifs is 9. The zero-order valence-corrected chi connectivity index (χ0v) is 41.0. The Morgan fingerprint density at radius 2 is 0.662 bits per heavy atom. The Labute approximate surface area is 438 Å². The van der Waals surface area contributed by atoms with Crippen molar-refractivity contribution in [3.8, 4) is 45.4 Å². The molecule has 18 rings (SSSR count). The van der Waals surface area contributed by atoms with Crippen LogP contribution in [0.25, 0.3) is 169 Å². The van der Waals surface area contributed by atoms with Gasteiger partial charge in [0.1, 0.15) is 11.6 Å². The van der Waals surface area contributed by atoms with E-state index in [9.17, 15) is 5.26 Å². The molecule has 0 aliphatic rings. The lowest BCUT2D eigenvalue weighted by molar-refractivity contribution is 1.09. The third-order valence-electron chi connectivity index (χ3n) is 16.9. The molecular formula is C70H37N7. The van der Waals surface area contributed by atoms with Crippen molar-refractivity contribution in [2.24, 2.45) is 0 Å². The van der Waals surface area contributed by atoms with Crippen LogP contribution in [0.5, 0.6) is 0 Å². The van der Waals surface area contributed by atoms with Gasteiger partial charge >= 0.3 is 0 Å². The molecule has 0 saturated heterocycles. The number of benzene rings is 12. The molecule has 12 aromatic carbocycles. The Bertz CT molecular complexity index is 5070. The van der Waals surface area contributed by atoms with Crippen LogP contribution in [0.4, 0.5) is 0 Å². The maximum absolute atomic E-state index is 12.8. The van der Waals surface area contributed by atoms with Crippen molar-refractivity contribution < 1.29 is 0 Å². The Balaban J connectivity index is 1.17. The fourth-order valence-electron chi connectivity index (χ4n) is 14.1. The summed E-state index contributed by atoms with van der Waals surface area (Å²) in [7, 11) is 0. The summed E-state index contributed by atoms with van der Waals surface area (Å²) in [4.78, 5) is 14.5. The van der Waals surface area contributed by atoms with Crippen LogP contribution in [0.3, 0.4) is 0 Å². The SMILES string of the molecule is N#Cc1c(-n2c3cccc4c5ccncc5c5cccc2c5c43)c(-c2ccccc2)c(-n2c3cccc4c5cccnc5c5cccc2c5c43)c(-c2ccccc2)c1-n1c2cccc3c4ccncc4c4cccc1c4c32. The van der Waals surface area contributed by atoms with Crippen LogP contribution >= 0.6 is 0 Å². The van der Waals surface area contributed by atoms with E-state index in [2.05, 4.69) is 218 Å². The molecule has 6 heterocycles. The summed E-state index contributed by atoms with van der Waals surface area (Å²) in [5.74, 6) is 0. The predicted octanol–water partition coefficient (Wildman–Crippen LogP) is 17.6. The van der Waals surface area contributed by atoms with Crippen LogP contribution in [0.15, 0.2) is 225 Å². The lowest BCUT2D eigenvalue weighted by Crippen LogP contribution is -2.13. The Kier molecular flexibility index (Phi) is 7.81. The molecular weight excluding hydrogens is 939 g/mol. The highest BCUT2D eigenvalue weighted by molar-refractivity contribution is 6.37. The second-order valence-corrected chi connectivity index (χ2v) is 20.5. The van der Waals surface area contributed by atoms with Crippen LogP contribution < -0.4 is 0 Å². The molecule has 0 fully saturated rings. The summed E-state index contributed by atoms with van der Waals surface area (Å²) >= 11 is 0. The van der Waals surface area contributed by atoms with Gasteiger partial charge < -0.3 is 13.7 Å². The van der Waals surface area contributed by atoms with Gasteiger partial charge in [0, 0.05) is 96.0 Å². The van der Waals surface area contributed by atoms with E-state index in [-0.39, 0.29) is 0 Å². The third-order valence-corrected chi connectivity index (χ3v) is 16.9. The molecule has 0 radical (unpaired) electrons. The van der Waals surface area contributed by atoms with Crippen molar-refractivity contribution in [3.63, 3.8) is 0 Å². The predicted molar refractivity (Wildman–Crippen MR) is 317 cm³/mol. The fourth-order valence-corrected chi connectivity index (χ4v) is 14.1. The van der Waals surface area contributed by atoms with Crippen LogP contribution in [0.1, 0.15) is 5.56 Å². The molecule has 0 amide bonds. The van der Waals surface area contributed by atoms with E-state index in [1.165, 1.54) is 5.39 Å². The number of aromatic nitrogens is 6. The first-order valence-corrected chi connectivity index (χ1v) is 26.1. The molecule has 0 saturated carbocycles. The minimum atomic E-state index is 0.551. The zero-order valence-electron chi connectivity index (χ0n) is 41.0. The van der Waals surface area contributed by atoms with Gasteiger partial charge in [-0.15, -0.1) is 0 Å². The van der Waals surface area contributed by atoms with Crippen LogP contribution in [-0.2, 0) is 0 Å². The van der Waals surface area contributed by atoms with Crippen LogP contribution in [-0.4, -0.2) is 28.7 Å². The molecule has 7 heteroatoms. The Morgan fingerprint density at radius 3 is 1.09 bits per heavy atom. The number of nitrogens with zero attached hydrogens (tertiary/aromatic N) is 7. The van der Waals surface area contributed by atoms with Gasteiger partial charge in [-0.1, -0.05) is 140 Å². The lowest BCUT2D eigenvalue weighted by Gasteiger charge is -2.28. The first kappa shape index (κ1) is 40.8. The van der Waals surface area contributed by atoms with Crippen LogP contribution in [0, 0.1) is 11.3 Å². The summed E-state index contributed by atoms with van der Waals surface area (Å²) in [6.07, 6.45) is 9.70. The highest BCUT2D eigenvalue weighted by atomic mass is 15.1. The topological polar surface area (TPSA) is 77.2 Å². The maximum Gasteiger partial charge on any atom is 0.104 e. The van der Waals surface area contributed by atoms with Crippen molar-refractivity contribution in [3.05, 3.63) is 231 Å². The van der Waals surface area contributed by atoms with E-state index in [0.29, 0.717) is 5.56 Å². The van der Waals surface area contributed by atoms with Gasteiger partial charge in [0.2, 0.25) is 0 Å². The summed E-state index contributed by atoms with van der Waals surface area (Å²) < 4.78 is 7.37. The molecule has 0 aliphatic heterocycles. The maximum atomic E-state index is 12.8.